The van der Waals surface area contributed by atoms with Crippen LogP contribution >= 0.6 is 15.9 Å². The molecule has 3 aromatic rings. The molecule has 0 amide bonds. The van der Waals surface area contributed by atoms with Crippen LogP contribution in [0.3, 0.4) is 0 Å². The van der Waals surface area contributed by atoms with E-state index in [9.17, 15) is 9.90 Å². The lowest BCUT2D eigenvalue weighted by molar-refractivity contribution is -0.694. The van der Waals surface area contributed by atoms with Crippen LogP contribution in [0.1, 0.15) is 55.5 Å². The van der Waals surface area contributed by atoms with E-state index in [-0.39, 0.29) is 12.5 Å². The van der Waals surface area contributed by atoms with Crippen LogP contribution in [0.4, 0.5) is 0 Å². The quantitative estimate of drug-likeness (QED) is 0.246. The first kappa shape index (κ1) is 24.7. The number of rotatable bonds is 8. The summed E-state index contributed by atoms with van der Waals surface area (Å²) in [5.41, 5.74) is 0.256. The molecule has 1 heterocycles. The van der Waals surface area contributed by atoms with E-state index in [1.165, 1.54) is 5.56 Å². The van der Waals surface area contributed by atoms with Gasteiger partial charge in [-0.2, -0.15) is 0 Å². The van der Waals surface area contributed by atoms with Gasteiger partial charge in [0.2, 0.25) is 0 Å². The minimum Gasteiger partial charge on any atom is -0.459 e. The molecule has 1 saturated carbocycles. The van der Waals surface area contributed by atoms with Crippen molar-refractivity contribution in [2.75, 3.05) is 6.61 Å². The average molecular weight is 526 g/mol. The maximum atomic E-state index is 13.3. The van der Waals surface area contributed by atoms with Crippen LogP contribution in [0.2, 0.25) is 0 Å². The molecule has 0 bridgehead atoms. The van der Waals surface area contributed by atoms with Gasteiger partial charge >= 0.3 is 5.97 Å². The second-order valence-corrected chi connectivity index (χ2v) is 10.2. The fourth-order valence-electron chi connectivity index (χ4n) is 4.99. The van der Waals surface area contributed by atoms with E-state index in [2.05, 4.69) is 44.1 Å². The van der Waals surface area contributed by atoms with Crippen molar-refractivity contribution in [3.05, 3.63) is 88.4 Å². The summed E-state index contributed by atoms with van der Waals surface area (Å²) in [5, 5.41) is 11.8. The molecule has 0 radical (unpaired) electrons. The number of carbonyl (C=O) groups is 1. The van der Waals surface area contributed by atoms with E-state index in [1.807, 2.05) is 54.9 Å². The van der Waals surface area contributed by atoms with Gasteiger partial charge in [0.25, 0.3) is 5.82 Å². The molecule has 1 atom stereocenters. The lowest BCUT2D eigenvalue weighted by Crippen LogP contribution is -2.44. The van der Waals surface area contributed by atoms with Gasteiger partial charge in [-0.05, 0) is 36.1 Å². The fraction of sp³-hybridized carbons (Fsp3) is 0.429. The maximum absolute atomic E-state index is 13.3. The summed E-state index contributed by atoms with van der Waals surface area (Å²) in [6.45, 7) is 3.60. The van der Waals surface area contributed by atoms with Crippen LogP contribution < -0.4 is 4.57 Å². The van der Waals surface area contributed by atoms with Crippen molar-refractivity contribution in [1.29, 1.82) is 0 Å². The van der Waals surface area contributed by atoms with Gasteiger partial charge in [-0.3, -0.25) is 0 Å². The van der Waals surface area contributed by atoms with Crippen molar-refractivity contribution >= 4 is 21.9 Å². The van der Waals surface area contributed by atoms with Gasteiger partial charge in [0.15, 0.2) is 5.60 Å². The van der Waals surface area contributed by atoms with E-state index in [0.717, 1.165) is 55.4 Å². The molecule has 1 aliphatic rings. The van der Waals surface area contributed by atoms with Gasteiger partial charge in [0, 0.05) is 17.3 Å². The number of aromatic nitrogens is 2. The zero-order valence-corrected chi connectivity index (χ0v) is 21.4. The van der Waals surface area contributed by atoms with Crippen LogP contribution in [-0.2, 0) is 28.2 Å². The number of halogens is 1. The molecule has 6 heteroatoms. The Morgan fingerprint density at radius 1 is 1.09 bits per heavy atom. The number of nitrogens with zero attached hydrogens (tertiary/aromatic N) is 2. The first-order chi connectivity index (χ1) is 16.5. The van der Waals surface area contributed by atoms with Crippen molar-refractivity contribution in [1.82, 2.24) is 4.57 Å². The molecular weight excluding hydrogens is 492 g/mol. The summed E-state index contributed by atoms with van der Waals surface area (Å²) in [5.74, 6) is 0.436. The topological polar surface area (TPSA) is 55.3 Å². The molecule has 0 spiro atoms. The molecule has 34 heavy (non-hydrogen) atoms. The van der Waals surface area contributed by atoms with E-state index in [0.29, 0.717) is 12.1 Å². The molecule has 1 aromatic heterocycles. The van der Waals surface area contributed by atoms with Gasteiger partial charge < -0.3 is 9.84 Å². The zero-order valence-electron chi connectivity index (χ0n) is 19.8. The molecule has 0 saturated heterocycles. The van der Waals surface area contributed by atoms with Crippen LogP contribution in [0.25, 0.3) is 0 Å². The summed E-state index contributed by atoms with van der Waals surface area (Å²) in [6.07, 6.45) is 10.1. The van der Waals surface area contributed by atoms with Gasteiger partial charge in [0.1, 0.15) is 32.1 Å². The average Bonchev–Trinajstić information content (AvgIpc) is 3.04. The molecule has 4 rings (SSSR count). The third-order valence-electron chi connectivity index (χ3n) is 7.06. The van der Waals surface area contributed by atoms with E-state index < -0.39 is 11.6 Å². The molecule has 5 nitrogen and oxygen atoms in total. The number of hydrogen-bond acceptors (Lipinski definition) is 3. The van der Waals surface area contributed by atoms with Crippen molar-refractivity contribution in [3.8, 4) is 0 Å². The van der Waals surface area contributed by atoms with Gasteiger partial charge in [-0.25, -0.2) is 13.9 Å². The number of esters is 1. The molecular formula is C28H34BrN2O3+. The number of carbonyl (C=O) groups excluding carboxylic acids is 1. The summed E-state index contributed by atoms with van der Waals surface area (Å²) in [7, 11) is 0. The summed E-state index contributed by atoms with van der Waals surface area (Å²) >= 11 is 3.48. The van der Waals surface area contributed by atoms with Crippen molar-refractivity contribution in [2.24, 2.45) is 5.92 Å². The molecule has 1 N–H and O–H groups in total. The number of imidazole rings is 1. The Hall–Kier alpha value is -2.44. The van der Waals surface area contributed by atoms with Crippen molar-refractivity contribution < 1.29 is 19.2 Å². The number of ether oxygens (including phenoxy) is 1. The van der Waals surface area contributed by atoms with Gasteiger partial charge in [-0.15, -0.1) is 0 Å². The highest BCUT2D eigenvalue weighted by molar-refractivity contribution is 9.10. The Bertz CT molecular complexity index is 1070. The lowest BCUT2D eigenvalue weighted by Gasteiger charge is -2.34. The van der Waals surface area contributed by atoms with Crippen molar-refractivity contribution in [3.63, 3.8) is 0 Å². The van der Waals surface area contributed by atoms with Crippen molar-refractivity contribution in [2.45, 2.75) is 64.1 Å². The predicted molar refractivity (Wildman–Crippen MR) is 135 cm³/mol. The normalized spacial score (nSPS) is 16.6. The minimum atomic E-state index is -1.60. The molecule has 1 fully saturated rings. The highest BCUT2D eigenvalue weighted by Crippen LogP contribution is 2.39. The van der Waals surface area contributed by atoms with Gasteiger partial charge in [-0.1, -0.05) is 84.1 Å². The number of aliphatic hydroxyl groups is 1. The Labute approximate surface area is 210 Å². The Balaban J connectivity index is 1.42. The number of benzene rings is 2. The van der Waals surface area contributed by atoms with Crippen LogP contribution in [0, 0.1) is 12.8 Å². The Morgan fingerprint density at radius 2 is 1.76 bits per heavy atom. The third kappa shape index (κ3) is 5.61. The number of hydrogen-bond donors (Lipinski definition) is 1. The second kappa shape index (κ2) is 11.3. The second-order valence-electron chi connectivity index (χ2n) is 9.25. The zero-order chi connectivity index (χ0) is 24.0. The first-order valence-electron chi connectivity index (χ1n) is 12.2. The van der Waals surface area contributed by atoms with Gasteiger partial charge in [0.05, 0.1) is 0 Å². The Morgan fingerprint density at radius 3 is 2.44 bits per heavy atom. The van der Waals surface area contributed by atoms with E-state index in [1.54, 1.807) is 0 Å². The maximum Gasteiger partial charge on any atom is 0.343 e. The van der Waals surface area contributed by atoms with Crippen LogP contribution in [-0.4, -0.2) is 22.2 Å². The van der Waals surface area contributed by atoms with Crippen LogP contribution in [0.5, 0.6) is 0 Å². The molecule has 180 valence electrons. The van der Waals surface area contributed by atoms with E-state index in [4.69, 9.17) is 4.74 Å². The highest BCUT2D eigenvalue weighted by Gasteiger charge is 2.46. The standard InChI is InChI=1S/C28H34BrN2O3/c1-22-30(17-18-31(22)21-23-13-15-26(29)16-14-23)19-20-34-27(32)28(33,25-11-7-4-8-12-25)24-9-5-2-3-6-10-24/h4,7-8,11-18,24,33H,2-3,5-6,9-10,19-21H2,1H3/q+1. The SMILES string of the molecule is Cc1n(CCOC(=O)C(O)(c2ccccc2)C2CCCCCC2)cc[n+]1Cc1ccc(Br)cc1. The summed E-state index contributed by atoms with van der Waals surface area (Å²) in [6, 6.07) is 17.6. The van der Waals surface area contributed by atoms with Crippen LogP contribution in [0.15, 0.2) is 71.5 Å². The summed E-state index contributed by atoms with van der Waals surface area (Å²) in [4.78, 5) is 13.3. The molecule has 2 aromatic carbocycles. The molecule has 0 aliphatic heterocycles. The Kier molecular flexibility index (Phi) is 8.22. The van der Waals surface area contributed by atoms with E-state index >= 15 is 0 Å². The lowest BCUT2D eigenvalue weighted by atomic mass is 9.77. The first-order valence-corrected chi connectivity index (χ1v) is 13.0. The predicted octanol–water partition coefficient (Wildman–Crippen LogP) is 5.30. The molecule has 1 aliphatic carbocycles. The molecule has 1 unspecified atom stereocenters. The monoisotopic (exact) mass is 525 g/mol. The minimum absolute atomic E-state index is 0.119. The fourth-order valence-corrected chi connectivity index (χ4v) is 5.25. The summed E-state index contributed by atoms with van der Waals surface area (Å²) < 4.78 is 11.1. The third-order valence-corrected chi connectivity index (χ3v) is 7.59. The highest BCUT2D eigenvalue weighted by atomic mass is 79.9. The smallest absolute Gasteiger partial charge is 0.343 e. The largest absolute Gasteiger partial charge is 0.459 e.